The van der Waals surface area contributed by atoms with Crippen LogP contribution >= 0.6 is 0 Å². The van der Waals surface area contributed by atoms with Gasteiger partial charge in [-0.2, -0.15) is 5.10 Å². The summed E-state index contributed by atoms with van der Waals surface area (Å²) in [7, 11) is 0. The second-order valence-corrected chi connectivity index (χ2v) is 3.07. The number of aromatic nitrogens is 2. The van der Waals surface area contributed by atoms with E-state index in [9.17, 15) is 4.79 Å². The highest BCUT2D eigenvalue weighted by atomic mass is 16.1. The topological polar surface area (TPSA) is 34.9 Å². The lowest BCUT2D eigenvalue weighted by molar-refractivity contribution is -0.107. The van der Waals surface area contributed by atoms with E-state index in [0.29, 0.717) is 12.5 Å². The zero-order chi connectivity index (χ0) is 8.97. The molecular weight excluding hydrogens is 152 g/mol. The van der Waals surface area contributed by atoms with Crippen LogP contribution in [0.15, 0.2) is 12.3 Å². The molecule has 0 aliphatic carbocycles. The first kappa shape index (κ1) is 8.97. The van der Waals surface area contributed by atoms with Crippen LogP contribution in [0.3, 0.4) is 0 Å². The highest BCUT2D eigenvalue weighted by Gasteiger charge is 2.04. The summed E-state index contributed by atoms with van der Waals surface area (Å²) in [6.07, 6.45) is 4.10. The van der Waals surface area contributed by atoms with Crippen molar-refractivity contribution in [3.63, 3.8) is 0 Å². The molecule has 1 aromatic heterocycles. The second kappa shape index (κ2) is 4.04. The van der Waals surface area contributed by atoms with Crippen molar-refractivity contribution in [2.24, 2.45) is 0 Å². The average molecular weight is 166 g/mol. The van der Waals surface area contributed by atoms with Gasteiger partial charge in [-0.1, -0.05) is 0 Å². The molecule has 1 heterocycles. The van der Waals surface area contributed by atoms with Gasteiger partial charge in [0.25, 0.3) is 0 Å². The van der Waals surface area contributed by atoms with Gasteiger partial charge in [0.1, 0.15) is 6.29 Å². The van der Waals surface area contributed by atoms with Crippen LogP contribution in [0.1, 0.15) is 32.0 Å². The summed E-state index contributed by atoms with van der Waals surface area (Å²) in [5, 5.41) is 4.17. The van der Waals surface area contributed by atoms with Crippen molar-refractivity contribution >= 4 is 6.29 Å². The quantitative estimate of drug-likeness (QED) is 0.637. The molecule has 0 fully saturated rings. The predicted molar refractivity (Wildman–Crippen MR) is 47.0 cm³/mol. The highest BCUT2D eigenvalue weighted by molar-refractivity contribution is 5.49. The SMILES string of the molecule is CC(C)n1nccc1CCC=O. The molecule has 12 heavy (non-hydrogen) atoms. The molecule has 3 nitrogen and oxygen atoms in total. The first-order chi connectivity index (χ1) is 5.75. The van der Waals surface area contributed by atoms with Crippen molar-refractivity contribution < 1.29 is 4.79 Å². The summed E-state index contributed by atoms with van der Waals surface area (Å²) in [5.41, 5.74) is 1.14. The van der Waals surface area contributed by atoms with Gasteiger partial charge in [0.15, 0.2) is 0 Å². The van der Waals surface area contributed by atoms with Gasteiger partial charge in [0.2, 0.25) is 0 Å². The molecular formula is C9H14N2O. The van der Waals surface area contributed by atoms with Crippen molar-refractivity contribution in [1.82, 2.24) is 9.78 Å². The summed E-state index contributed by atoms with van der Waals surface area (Å²) in [5.74, 6) is 0. The Kier molecular flexibility index (Phi) is 3.02. The van der Waals surface area contributed by atoms with E-state index < -0.39 is 0 Å². The van der Waals surface area contributed by atoms with Crippen LogP contribution in [0.2, 0.25) is 0 Å². The Balaban J connectivity index is 2.70. The largest absolute Gasteiger partial charge is 0.303 e. The zero-order valence-electron chi connectivity index (χ0n) is 7.53. The van der Waals surface area contributed by atoms with Crippen LogP contribution in [0.5, 0.6) is 0 Å². The Morgan fingerprint density at radius 2 is 2.42 bits per heavy atom. The van der Waals surface area contributed by atoms with E-state index in [1.807, 2.05) is 10.7 Å². The van der Waals surface area contributed by atoms with Gasteiger partial charge in [-0.3, -0.25) is 4.68 Å². The van der Waals surface area contributed by atoms with Crippen molar-refractivity contribution in [1.29, 1.82) is 0 Å². The van der Waals surface area contributed by atoms with Gasteiger partial charge in [-0.05, 0) is 26.3 Å². The number of nitrogens with zero attached hydrogens (tertiary/aromatic N) is 2. The first-order valence-electron chi connectivity index (χ1n) is 4.21. The van der Waals surface area contributed by atoms with Gasteiger partial charge in [0.05, 0.1) is 0 Å². The molecule has 0 aliphatic heterocycles. The fraction of sp³-hybridized carbons (Fsp3) is 0.556. The minimum absolute atomic E-state index is 0.377. The second-order valence-electron chi connectivity index (χ2n) is 3.07. The van der Waals surface area contributed by atoms with Crippen LogP contribution in [-0.2, 0) is 11.2 Å². The molecule has 1 rings (SSSR count). The van der Waals surface area contributed by atoms with E-state index in [2.05, 4.69) is 18.9 Å². The van der Waals surface area contributed by atoms with E-state index in [0.717, 1.165) is 18.4 Å². The molecule has 0 N–H and O–H groups in total. The zero-order valence-corrected chi connectivity index (χ0v) is 7.53. The third kappa shape index (κ3) is 1.94. The Bertz CT molecular complexity index is 253. The van der Waals surface area contributed by atoms with Crippen LogP contribution in [0, 0.1) is 0 Å². The number of aldehydes is 1. The molecule has 0 saturated heterocycles. The third-order valence-corrected chi connectivity index (χ3v) is 1.76. The maximum Gasteiger partial charge on any atom is 0.120 e. The van der Waals surface area contributed by atoms with Crippen LogP contribution < -0.4 is 0 Å². The number of carbonyl (C=O) groups is 1. The summed E-state index contributed by atoms with van der Waals surface area (Å²) < 4.78 is 1.95. The first-order valence-corrected chi connectivity index (χ1v) is 4.21. The fourth-order valence-electron chi connectivity index (χ4n) is 1.21. The minimum atomic E-state index is 0.377. The molecule has 0 aromatic carbocycles. The maximum atomic E-state index is 10.2. The predicted octanol–water partition coefficient (Wildman–Crippen LogP) is 1.60. The van der Waals surface area contributed by atoms with Crippen LogP contribution in [0.25, 0.3) is 0 Å². The number of rotatable bonds is 4. The Hall–Kier alpha value is -1.12. The molecule has 0 radical (unpaired) electrons. The normalized spacial score (nSPS) is 10.6. The molecule has 3 heteroatoms. The lowest BCUT2D eigenvalue weighted by Crippen LogP contribution is -2.07. The average Bonchev–Trinajstić information content (AvgIpc) is 2.48. The van der Waals surface area contributed by atoms with E-state index in [1.54, 1.807) is 6.20 Å². The molecule has 66 valence electrons. The van der Waals surface area contributed by atoms with E-state index in [1.165, 1.54) is 0 Å². The van der Waals surface area contributed by atoms with Gasteiger partial charge in [-0.15, -0.1) is 0 Å². The van der Waals surface area contributed by atoms with Gasteiger partial charge in [0, 0.05) is 24.4 Å². The highest BCUT2D eigenvalue weighted by Crippen LogP contribution is 2.08. The van der Waals surface area contributed by atoms with Crippen LogP contribution in [-0.4, -0.2) is 16.1 Å². The van der Waals surface area contributed by atoms with Crippen molar-refractivity contribution in [3.05, 3.63) is 18.0 Å². The molecule has 1 aromatic rings. The Labute approximate surface area is 72.4 Å². The molecule has 0 unspecified atom stereocenters. The molecule has 0 amide bonds. The maximum absolute atomic E-state index is 10.2. The summed E-state index contributed by atoms with van der Waals surface area (Å²) in [6, 6.07) is 2.34. The number of hydrogen-bond acceptors (Lipinski definition) is 2. The van der Waals surface area contributed by atoms with E-state index in [4.69, 9.17) is 0 Å². The smallest absolute Gasteiger partial charge is 0.120 e. The number of hydrogen-bond donors (Lipinski definition) is 0. The lowest BCUT2D eigenvalue weighted by atomic mass is 10.2. The summed E-state index contributed by atoms with van der Waals surface area (Å²) in [6.45, 7) is 4.16. The molecule has 0 atom stereocenters. The molecule has 0 spiro atoms. The van der Waals surface area contributed by atoms with Gasteiger partial charge in [-0.25, -0.2) is 0 Å². The standard InChI is InChI=1S/C9H14N2O/c1-8(2)11-9(4-3-7-12)5-6-10-11/h5-8H,3-4H2,1-2H3. The van der Waals surface area contributed by atoms with Gasteiger partial charge < -0.3 is 4.79 Å². The Morgan fingerprint density at radius 3 is 3.00 bits per heavy atom. The number of carbonyl (C=O) groups excluding carboxylic acids is 1. The summed E-state index contributed by atoms with van der Waals surface area (Å²) >= 11 is 0. The number of aryl methyl sites for hydroxylation is 1. The van der Waals surface area contributed by atoms with E-state index >= 15 is 0 Å². The monoisotopic (exact) mass is 166 g/mol. The van der Waals surface area contributed by atoms with Crippen molar-refractivity contribution in [3.8, 4) is 0 Å². The van der Waals surface area contributed by atoms with Crippen LogP contribution in [0.4, 0.5) is 0 Å². The van der Waals surface area contributed by atoms with E-state index in [-0.39, 0.29) is 0 Å². The third-order valence-electron chi connectivity index (χ3n) is 1.76. The van der Waals surface area contributed by atoms with Crippen molar-refractivity contribution in [2.75, 3.05) is 0 Å². The molecule has 0 bridgehead atoms. The Morgan fingerprint density at radius 1 is 1.67 bits per heavy atom. The molecule has 0 aliphatic rings. The molecule has 0 saturated carbocycles. The summed E-state index contributed by atoms with van der Waals surface area (Å²) in [4.78, 5) is 10.2. The minimum Gasteiger partial charge on any atom is -0.303 e. The fourth-order valence-corrected chi connectivity index (χ4v) is 1.21. The lowest BCUT2D eigenvalue weighted by Gasteiger charge is -2.09. The van der Waals surface area contributed by atoms with Crippen molar-refractivity contribution in [2.45, 2.75) is 32.7 Å². The van der Waals surface area contributed by atoms with Gasteiger partial charge >= 0.3 is 0 Å².